The second-order valence-electron chi connectivity index (χ2n) is 1.03. The third-order valence-corrected chi connectivity index (χ3v) is 1.14. The summed E-state index contributed by atoms with van der Waals surface area (Å²) in [5, 5.41) is 8.67. The van der Waals surface area contributed by atoms with Crippen LogP contribution in [-0.2, 0) is 0 Å². The molecule has 0 radical (unpaired) electrons. The van der Waals surface area contributed by atoms with Crippen LogP contribution in [-0.4, -0.2) is 11.7 Å². The van der Waals surface area contributed by atoms with Crippen molar-refractivity contribution in [2.24, 2.45) is 0 Å². The molecule has 42 valence electrons. The maximum absolute atomic E-state index is 8.18. The smallest absolute Gasteiger partial charge is 0.0480 e. The van der Waals surface area contributed by atoms with E-state index in [1.807, 2.05) is 0 Å². The third-order valence-electron chi connectivity index (χ3n) is 0.469. The van der Waals surface area contributed by atoms with Crippen LogP contribution >= 0.6 is 23.2 Å². The molecule has 0 amide bonds. The second-order valence-corrected chi connectivity index (χ2v) is 1.73. The zero-order chi connectivity index (χ0) is 5.70. The molecule has 0 spiro atoms. The molecule has 3 heteroatoms. The molecule has 0 aromatic carbocycles. The molecule has 0 fully saturated rings. The molecule has 7 heavy (non-hydrogen) atoms. The molecule has 0 heterocycles. The fourth-order valence-electron chi connectivity index (χ4n) is 0.161. The fourth-order valence-corrected chi connectivity index (χ4v) is 0.355. The maximum Gasteiger partial charge on any atom is 0.0480 e. The van der Waals surface area contributed by atoms with Gasteiger partial charge in [0.15, 0.2) is 0 Å². The van der Waals surface area contributed by atoms with E-state index in [1.165, 1.54) is 5.54 Å². The molecule has 0 aromatic rings. The molecular weight excluding hydrogens is 135 g/mol. The number of aliphatic hydroxyl groups excluding tert-OH is 1. The van der Waals surface area contributed by atoms with Gasteiger partial charge in [0, 0.05) is 23.6 Å². The number of hydrogen-bond acceptors (Lipinski definition) is 1. The van der Waals surface area contributed by atoms with E-state index in [-0.39, 0.29) is 6.61 Å². The Balaban J connectivity index is 3.17. The number of rotatable bonds is 2. The molecule has 0 saturated heterocycles. The minimum absolute atomic E-state index is 0.0576. The summed E-state index contributed by atoms with van der Waals surface area (Å²) in [4.78, 5) is 0. The molecule has 1 nitrogen and oxygen atoms in total. The minimum atomic E-state index is 0.0576. The normalized spacial score (nSPS) is 12.1. The second kappa shape index (κ2) is 4.44. The molecule has 0 aliphatic rings. The van der Waals surface area contributed by atoms with Gasteiger partial charge in [-0.05, 0) is 0 Å². The summed E-state index contributed by atoms with van der Waals surface area (Å²) < 4.78 is 0. The lowest BCUT2D eigenvalue weighted by atomic mass is 10.4. The molecular formula is C4H6Cl2O. The van der Waals surface area contributed by atoms with Crippen molar-refractivity contribution in [2.75, 3.05) is 6.61 Å². The van der Waals surface area contributed by atoms with Crippen LogP contribution in [0.1, 0.15) is 6.42 Å². The van der Waals surface area contributed by atoms with Crippen molar-refractivity contribution in [3.63, 3.8) is 0 Å². The first kappa shape index (κ1) is 7.28. The zero-order valence-corrected chi connectivity index (χ0v) is 5.21. The van der Waals surface area contributed by atoms with Gasteiger partial charge in [0.05, 0.1) is 0 Å². The van der Waals surface area contributed by atoms with Crippen LogP contribution in [0.3, 0.4) is 0 Å². The van der Waals surface area contributed by atoms with Gasteiger partial charge in [0.25, 0.3) is 0 Å². The highest BCUT2D eigenvalue weighted by atomic mass is 35.5. The summed E-state index contributed by atoms with van der Waals surface area (Å²) in [7, 11) is 0. The average molecular weight is 141 g/mol. The summed E-state index contributed by atoms with van der Waals surface area (Å²) in [6, 6.07) is 0. The topological polar surface area (TPSA) is 20.2 Å². The van der Waals surface area contributed by atoms with Crippen LogP contribution in [0.2, 0.25) is 0 Å². The Morgan fingerprint density at radius 3 is 2.43 bits per heavy atom. The van der Waals surface area contributed by atoms with Crippen molar-refractivity contribution in [1.29, 1.82) is 0 Å². The fraction of sp³-hybridized carbons (Fsp3) is 0.500. The maximum atomic E-state index is 8.18. The molecule has 1 N–H and O–H groups in total. The van der Waals surface area contributed by atoms with E-state index in [1.54, 1.807) is 0 Å². The molecule has 0 unspecified atom stereocenters. The van der Waals surface area contributed by atoms with Gasteiger partial charge < -0.3 is 5.11 Å². The Morgan fingerprint density at radius 1 is 1.71 bits per heavy atom. The Morgan fingerprint density at radius 2 is 2.29 bits per heavy atom. The van der Waals surface area contributed by atoms with Crippen molar-refractivity contribution >= 4 is 23.2 Å². The largest absolute Gasteiger partial charge is 0.396 e. The first-order valence-corrected chi connectivity index (χ1v) is 2.68. The summed E-state index contributed by atoms with van der Waals surface area (Å²) in [6.07, 6.45) is 0.449. The standard InChI is InChI=1S/C4H6Cl2O/c5-3-4(6)1-2-7/h3,7H,1-2H2/b4-3-. The summed E-state index contributed by atoms with van der Waals surface area (Å²) in [5.41, 5.74) is 1.25. The molecule has 0 rings (SSSR count). The highest BCUT2D eigenvalue weighted by Crippen LogP contribution is 2.06. The van der Waals surface area contributed by atoms with Gasteiger partial charge >= 0.3 is 0 Å². The van der Waals surface area contributed by atoms with Crippen molar-refractivity contribution in [2.45, 2.75) is 6.42 Å². The monoisotopic (exact) mass is 140 g/mol. The summed E-state index contributed by atoms with van der Waals surface area (Å²) in [6.45, 7) is 0.0576. The van der Waals surface area contributed by atoms with Crippen molar-refractivity contribution < 1.29 is 5.11 Å². The van der Waals surface area contributed by atoms with Crippen LogP contribution in [0.4, 0.5) is 0 Å². The SMILES string of the molecule is OCC/C(Cl)=C/Cl. The van der Waals surface area contributed by atoms with E-state index < -0.39 is 0 Å². The van der Waals surface area contributed by atoms with E-state index in [0.717, 1.165) is 0 Å². The number of halogens is 2. The predicted octanol–water partition coefficient (Wildman–Crippen LogP) is 1.69. The van der Waals surface area contributed by atoms with E-state index in [4.69, 9.17) is 28.3 Å². The molecule has 0 aliphatic carbocycles. The van der Waals surface area contributed by atoms with Gasteiger partial charge in [-0.2, -0.15) is 0 Å². The van der Waals surface area contributed by atoms with Crippen molar-refractivity contribution in [3.8, 4) is 0 Å². The number of hydrogen-bond donors (Lipinski definition) is 1. The van der Waals surface area contributed by atoms with Crippen LogP contribution in [0.25, 0.3) is 0 Å². The Labute approximate surface area is 52.5 Å². The summed E-state index contributed by atoms with van der Waals surface area (Å²) in [5.74, 6) is 0. The average Bonchev–Trinajstić information content (AvgIpc) is 1.68. The van der Waals surface area contributed by atoms with Gasteiger partial charge in [0.2, 0.25) is 0 Å². The third kappa shape index (κ3) is 4.13. The number of aliphatic hydroxyl groups is 1. The minimum Gasteiger partial charge on any atom is -0.396 e. The molecule has 0 aliphatic heterocycles. The van der Waals surface area contributed by atoms with Crippen molar-refractivity contribution in [1.82, 2.24) is 0 Å². The van der Waals surface area contributed by atoms with E-state index in [0.29, 0.717) is 11.5 Å². The quantitative estimate of drug-likeness (QED) is 0.620. The molecule has 0 bridgehead atoms. The molecule has 0 saturated carbocycles. The van der Waals surface area contributed by atoms with Crippen LogP contribution in [0, 0.1) is 0 Å². The highest BCUT2D eigenvalue weighted by molar-refractivity contribution is 6.36. The lowest BCUT2D eigenvalue weighted by molar-refractivity contribution is 0.301. The van der Waals surface area contributed by atoms with Gasteiger partial charge in [-0.25, -0.2) is 0 Å². The molecule has 0 aromatic heterocycles. The first-order chi connectivity index (χ1) is 3.31. The Bertz CT molecular complexity index is 70.1. The van der Waals surface area contributed by atoms with E-state index in [9.17, 15) is 0 Å². The Kier molecular flexibility index (Phi) is 4.62. The Hall–Kier alpha value is 0.280. The lowest BCUT2D eigenvalue weighted by Gasteiger charge is -1.86. The first-order valence-electron chi connectivity index (χ1n) is 1.87. The van der Waals surface area contributed by atoms with Gasteiger partial charge in [-0.1, -0.05) is 23.2 Å². The van der Waals surface area contributed by atoms with Crippen LogP contribution in [0.15, 0.2) is 10.6 Å². The van der Waals surface area contributed by atoms with Crippen LogP contribution < -0.4 is 0 Å². The highest BCUT2D eigenvalue weighted by Gasteiger charge is 1.85. The van der Waals surface area contributed by atoms with Gasteiger partial charge in [-0.15, -0.1) is 0 Å². The zero-order valence-electron chi connectivity index (χ0n) is 3.69. The van der Waals surface area contributed by atoms with Gasteiger partial charge in [0.1, 0.15) is 0 Å². The predicted molar refractivity (Wildman–Crippen MR) is 31.5 cm³/mol. The van der Waals surface area contributed by atoms with E-state index >= 15 is 0 Å². The van der Waals surface area contributed by atoms with E-state index in [2.05, 4.69) is 0 Å². The van der Waals surface area contributed by atoms with Gasteiger partial charge in [-0.3, -0.25) is 0 Å². The van der Waals surface area contributed by atoms with Crippen LogP contribution in [0.5, 0.6) is 0 Å². The lowest BCUT2D eigenvalue weighted by Crippen LogP contribution is -1.78. The van der Waals surface area contributed by atoms with Crippen molar-refractivity contribution in [3.05, 3.63) is 10.6 Å². The molecule has 0 atom stereocenters. The summed E-state index contributed by atoms with van der Waals surface area (Å²) >= 11 is 10.5.